The zero-order valence-electron chi connectivity index (χ0n) is 15.8. The van der Waals surface area contributed by atoms with Crippen molar-refractivity contribution in [1.29, 1.82) is 0 Å². The number of amides is 1. The van der Waals surface area contributed by atoms with E-state index in [4.69, 9.17) is 0 Å². The summed E-state index contributed by atoms with van der Waals surface area (Å²) in [5.74, 6) is 0.803. The van der Waals surface area contributed by atoms with Crippen LogP contribution in [0.25, 0.3) is 22.3 Å². The van der Waals surface area contributed by atoms with E-state index in [9.17, 15) is 4.79 Å². The minimum absolute atomic E-state index is 0.0339. The van der Waals surface area contributed by atoms with E-state index < -0.39 is 0 Å². The van der Waals surface area contributed by atoms with Gasteiger partial charge in [0.1, 0.15) is 6.54 Å². The highest BCUT2D eigenvalue weighted by molar-refractivity contribution is 5.99. The number of rotatable bonds is 6. The average molecular weight is 375 g/mol. The van der Waals surface area contributed by atoms with Crippen LogP contribution in [0.3, 0.4) is 0 Å². The van der Waals surface area contributed by atoms with E-state index in [1.807, 2.05) is 60.1 Å². The predicted molar refractivity (Wildman–Crippen MR) is 107 cm³/mol. The molecule has 1 N–H and O–H groups in total. The molecule has 0 atom stereocenters. The highest BCUT2D eigenvalue weighted by Crippen LogP contribution is 2.23. The third-order valence-electron chi connectivity index (χ3n) is 4.48. The molecule has 0 unspecified atom stereocenters. The molecule has 28 heavy (non-hydrogen) atoms. The van der Waals surface area contributed by atoms with Gasteiger partial charge in [-0.25, -0.2) is 0 Å². The lowest BCUT2D eigenvalue weighted by atomic mass is 10.1. The van der Waals surface area contributed by atoms with E-state index in [0.29, 0.717) is 11.6 Å². The molecule has 2 aromatic heterocycles. The van der Waals surface area contributed by atoms with Crippen molar-refractivity contribution in [3.63, 3.8) is 0 Å². The molecule has 2 heterocycles. The Labute approximate surface area is 162 Å². The number of carbonyl (C=O) groups excluding carboxylic acids is 1. The molecule has 142 valence electrons. The van der Waals surface area contributed by atoms with E-state index in [2.05, 4.69) is 32.7 Å². The fraction of sp³-hybridized carbons (Fsp3) is 0.250. The first-order valence-corrected chi connectivity index (χ1v) is 9.25. The summed E-state index contributed by atoms with van der Waals surface area (Å²) >= 11 is 0. The van der Waals surface area contributed by atoms with Crippen LogP contribution in [-0.2, 0) is 17.9 Å². The Morgan fingerprint density at radius 1 is 1.07 bits per heavy atom. The van der Waals surface area contributed by atoms with Gasteiger partial charge in [0, 0.05) is 17.5 Å². The molecule has 0 aliphatic heterocycles. The fourth-order valence-electron chi connectivity index (χ4n) is 3.14. The molecule has 0 aliphatic carbocycles. The van der Waals surface area contributed by atoms with Crippen LogP contribution in [-0.4, -0.2) is 35.9 Å². The molecule has 0 saturated heterocycles. The van der Waals surface area contributed by atoms with Crippen molar-refractivity contribution in [1.82, 2.24) is 30.0 Å². The third-order valence-corrected chi connectivity index (χ3v) is 4.48. The number of anilines is 1. The van der Waals surface area contributed by atoms with Gasteiger partial charge in [0.25, 0.3) is 0 Å². The first-order valence-electron chi connectivity index (χ1n) is 9.25. The second kappa shape index (κ2) is 7.59. The first-order chi connectivity index (χ1) is 13.7. The molecular weight excluding hydrogens is 354 g/mol. The number of fused-ring (bicyclic) bond motifs is 1. The molecule has 0 radical (unpaired) electrons. The van der Waals surface area contributed by atoms with E-state index in [0.717, 1.165) is 35.0 Å². The Kier molecular flexibility index (Phi) is 4.84. The van der Waals surface area contributed by atoms with Crippen LogP contribution >= 0.6 is 0 Å². The third kappa shape index (κ3) is 3.48. The van der Waals surface area contributed by atoms with Crippen molar-refractivity contribution < 1.29 is 4.79 Å². The molecule has 0 saturated carbocycles. The monoisotopic (exact) mass is 375 g/mol. The largest absolute Gasteiger partial charge is 0.307 e. The predicted octanol–water partition coefficient (Wildman–Crippen LogP) is 3.05. The van der Waals surface area contributed by atoms with Gasteiger partial charge in [-0.15, -0.1) is 10.2 Å². The lowest BCUT2D eigenvalue weighted by Gasteiger charge is -2.02. The van der Waals surface area contributed by atoms with E-state index >= 15 is 0 Å². The number of carbonyl (C=O) groups is 1. The molecular formula is C20H21N7O. The SMILES string of the molecule is CCCn1nc(NC(=O)Cn2nnc(-c3ccccc3C)n2)c2ccccc21. The Hall–Kier alpha value is -3.55. The van der Waals surface area contributed by atoms with Crippen LogP contribution in [0.5, 0.6) is 0 Å². The van der Waals surface area contributed by atoms with Gasteiger partial charge in [0.15, 0.2) is 5.82 Å². The highest BCUT2D eigenvalue weighted by atomic mass is 16.2. The lowest BCUT2D eigenvalue weighted by molar-refractivity contribution is -0.117. The zero-order valence-corrected chi connectivity index (χ0v) is 15.8. The fourth-order valence-corrected chi connectivity index (χ4v) is 3.14. The molecule has 0 bridgehead atoms. The van der Waals surface area contributed by atoms with Crippen LogP contribution in [0.15, 0.2) is 48.5 Å². The number of nitrogens with one attached hydrogen (secondary N) is 1. The molecule has 0 aliphatic rings. The minimum atomic E-state index is -0.249. The summed E-state index contributed by atoms with van der Waals surface area (Å²) < 4.78 is 1.91. The Morgan fingerprint density at radius 2 is 1.86 bits per heavy atom. The number of tetrazole rings is 1. The first kappa shape index (κ1) is 17.8. The maximum Gasteiger partial charge on any atom is 0.249 e. The summed E-state index contributed by atoms with van der Waals surface area (Å²) in [6.07, 6.45) is 0.962. The molecule has 4 aromatic rings. The van der Waals surface area contributed by atoms with Crippen molar-refractivity contribution in [2.75, 3.05) is 5.32 Å². The van der Waals surface area contributed by atoms with Crippen LogP contribution < -0.4 is 5.32 Å². The molecule has 8 heteroatoms. The number of aromatic nitrogens is 6. The van der Waals surface area contributed by atoms with Gasteiger partial charge in [0.2, 0.25) is 11.7 Å². The van der Waals surface area contributed by atoms with Crippen LogP contribution in [0.4, 0.5) is 5.82 Å². The van der Waals surface area contributed by atoms with Crippen LogP contribution in [0.2, 0.25) is 0 Å². The van der Waals surface area contributed by atoms with Gasteiger partial charge in [-0.1, -0.05) is 43.3 Å². The molecule has 4 rings (SSSR count). The molecule has 8 nitrogen and oxygen atoms in total. The van der Waals surface area contributed by atoms with Crippen molar-refractivity contribution in [3.05, 3.63) is 54.1 Å². The van der Waals surface area contributed by atoms with Gasteiger partial charge in [0.05, 0.1) is 5.52 Å². The van der Waals surface area contributed by atoms with Gasteiger partial charge in [-0.3, -0.25) is 9.48 Å². The minimum Gasteiger partial charge on any atom is -0.307 e. The van der Waals surface area contributed by atoms with Crippen molar-refractivity contribution in [3.8, 4) is 11.4 Å². The summed E-state index contributed by atoms with van der Waals surface area (Å²) in [7, 11) is 0. The Morgan fingerprint density at radius 3 is 2.68 bits per heavy atom. The number of para-hydroxylation sites is 1. The molecule has 1 amide bonds. The number of nitrogens with zero attached hydrogens (tertiary/aromatic N) is 6. The summed E-state index contributed by atoms with van der Waals surface area (Å²) in [6.45, 7) is 4.84. The van der Waals surface area contributed by atoms with Crippen LogP contribution in [0, 0.1) is 6.92 Å². The standard InChI is InChI=1S/C20H21N7O/c1-3-12-26-17-11-7-6-10-16(17)19(23-26)21-18(28)13-27-24-20(22-25-27)15-9-5-4-8-14(15)2/h4-11H,3,12-13H2,1-2H3,(H,21,23,28). The maximum absolute atomic E-state index is 12.5. The quantitative estimate of drug-likeness (QED) is 0.559. The molecule has 0 fully saturated rings. The van der Waals surface area contributed by atoms with E-state index in [1.165, 1.54) is 4.80 Å². The number of hydrogen-bond donors (Lipinski definition) is 1. The van der Waals surface area contributed by atoms with Crippen molar-refractivity contribution >= 4 is 22.6 Å². The number of aryl methyl sites for hydroxylation is 2. The molecule has 0 spiro atoms. The van der Waals surface area contributed by atoms with Gasteiger partial charge < -0.3 is 5.32 Å². The number of hydrogen-bond acceptors (Lipinski definition) is 5. The maximum atomic E-state index is 12.5. The Balaban J connectivity index is 1.51. The van der Waals surface area contributed by atoms with E-state index in [1.54, 1.807) is 0 Å². The summed E-state index contributed by atoms with van der Waals surface area (Å²) in [6, 6.07) is 15.7. The normalized spacial score (nSPS) is 11.1. The van der Waals surface area contributed by atoms with Crippen molar-refractivity contribution in [2.24, 2.45) is 0 Å². The second-order valence-electron chi connectivity index (χ2n) is 6.60. The average Bonchev–Trinajstić information content (AvgIpc) is 3.28. The van der Waals surface area contributed by atoms with Gasteiger partial charge in [-0.05, 0) is 36.3 Å². The topological polar surface area (TPSA) is 90.5 Å². The van der Waals surface area contributed by atoms with Crippen LogP contribution in [0.1, 0.15) is 18.9 Å². The summed E-state index contributed by atoms with van der Waals surface area (Å²) in [5, 5.41) is 20.7. The Bertz CT molecular complexity index is 1130. The molecule has 2 aromatic carbocycles. The van der Waals surface area contributed by atoms with Crippen molar-refractivity contribution in [2.45, 2.75) is 33.4 Å². The summed E-state index contributed by atoms with van der Waals surface area (Å²) in [4.78, 5) is 13.8. The smallest absolute Gasteiger partial charge is 0.249 e. The lowest BCUT2D eigenvalue weighted by Crippen LogP contribution is -2.21. The van der Waals surface area contributed by atoms with Gasteiger partial charge in [-0.2, -0.15) is 9.90 Å². The summed E-state index contributed by atoms with van der Waals surface area (Å²) in [5.41, 5.74) is 2.96. The zero-order chi connectivity index (χ0) is 19.5. The van der Waals surface area contributed by atoms with E-state index in [-0.39, 0.29) is 12.5 Å². The van der Waals surface area contributed by atoms with Gasteiger partial charge >= 0.3 is 0 Å². The second-order valence-corrected chi connectivity index (χ2v) is 6.60. The number of benzene rings is 2. The highest BCUT2D eigenvalue weighted by Gasteiger charge is 2.15.